The predicted molar refractivity (Wildman–Crippen MR) is 102 cm³/mol. The Hall–Kier alpha value is -1.31. The first-order chi connectivity index (χ1) is 11.8. The smallest absolute Gasteiger partial charge is 0.251 e. The zero-order chi connectivity index (χ0) is 18.3. The zero-order valence-corrected chi connectivity index (χ0v) is 16.1. The summed E-state index contributed by atoms with van der Waals surface area (Å²) in [5.41, 5.74) is 0.681. The fraction of sp³-hybridized carbons (Fsp3) is 0.588. The Bertz CT molecular complexity index is 686. The lowest BCUT2D eigenvalue weighted by atomic mass is 10.2. The van der Waals surface area contributed by atoms with E-state index in [0.29, 0.717) is 12.1 Å². The number of nitrogens with zero attached hydrogens (tertiary/aromatic N) is 1. The molecule has 6 nitrogen and oxygen atoms in total. The van der Waals surface area contributed by atoms with Gasteiger partial charge in [0.1, 0.15) is 0 Å². The Labute approximate surface area is 155 Å². The van der Waals surface area contributed by atoms with E-state index in [2.05, 4.69) is 14.9 Å². The van der Waals surface area contributed by atoms with Crippen LogP contribution in [0.2, 0.25) is 5.02 Å². The normalized spacial score (nSPS) is 16.2. The molecular formula is C17H26ClN3O3S. The summed E-state index contributed by atoms with van der Waals surface area (Å²) in [6, 6.07) is 4.53. The maximum atomic E-state index is 12.2. The molecule has 0 bridgehead atoms. The molecule has 8 heteroatoms. The van der Waals surface area contributed by atoms with E-state index < -0.39 is 10.0 Å². The second-order valence-electron chi connectivity index (χ2n) is 6.43. The molecule has 0 atom stereocenters. The number of rotatable bonds is 7. The molecule has 0 spiro atoms. The third kappa shape index (κ3) is 7.22. The second-order valence-corrected chi connectivity index (χ2v) is 8.59. The molecule has 1 aromatic rings. The number of hydrogen-bond donors (Lipinski definition) is 2. The lowest BCUT2D eigenvalue weighted by Crippen LogP contribution is -2.30. The molecule has 1 aliphatic heterocycles. The van der Waals surface area contributed by atoms with Crippen LogP contribution in [-0.4, -0.2) is 51.7 Å². The maximum Gasteiger partial charge on any atom is 0.251 e. The summed E-state index contributed by atoms with van der Waals surface area (Å²) in [6.07, 6.45) is 7.12. The van der Waals surface area contributed by atoms with Crippen molar-refractivity contribution in [2.45, 2.75) is 32.1 Å². The standard InChI is InChI=1S/C17H26ClN3O3S/c1-25(23,24)20-16-8-7-14(13-15(16)18)17(22)19-9-6-12-21-10-4-2-3-5-11-21/h7-8,13,20H,2-6,9-12H2,1H3,(H,19,22). The van der Waals surface area contributed by atoms with Gasteiger partial charge in [-0.1, -0.05) is 24.4 Å². The van der Waals surface area contributed by atoms with Crippen LogP contribution in [0.4, 0.5) is 5.69 Å². The average molecular weight is 388 g/mol. The van der Waals surface area contributed by atoms with Gasteiger partial charge in [0.15, 0.2) is 0 Å². The van der Waals surface area contributed by atoms with Gasteiger partial charge in [-0.2, -0.15) is 0 Å². The number of amides is 1. The number of carbonyl (C=O) groups is 1. The Morgan fingerprint density at radius 1 is 1.20 bits per heavy atom. The van der Waals surface area contributed by atoms with Crippen molar-refractivity contribution in [1.82, 2.24) is 10.2 Å². The van der Waals surface area contributed by atoms with E-state index >= 15 is 0 Å². The number of halogens is 1. The van der Waals surface area contributed by atoms with Gasteiger partial charge in [0.2, 0.25) is 10.0 Å². The van der Waals surface area contributed by atoms with Gasteiger partial charge in [-0.25, -0.2) is 8.42 Å². The molecule has 2 rings (SSSR count). The Morgan fingerprint density at radius 3 is 2.48 bits per heavy atom. The van der Waals surface area contributed by atoms with Crippen LogP contribution in [0.15, 0.2) is 18.2 Å². The molecule has 0 saturated carbocycles. The number of hydrogen-bond acceptors (Lipinski definition) is 4. The molecular weight excluding hydrogens is 362 g/mol. The topological polar surface area (TPSA) is 78.5 Å². The molecule has 0 unspecified atom stereocenters. The summed E-state index contributed by atoms with van der Waals surface area (Å²) in [4.78, 5) is 14.6. The van der Waals surface area contributed by atoms with E-state index in [9.17, 15) is 13.2 Å². The van der Waals surface area contributed by atoms with Crippen molar-refractivity contribution in [3.63, 3.8) is 0 Å². The van der Waals surface area contributed by atoms with Crippen LogP contribution in [0.3, 0.4) is 0 Å². The molecule has 1 saturated heterocycles. The molecule has 25 heavy (non-hydrogen) atoms. The summed E-state index contributed by atoms with van der Waals surface area (Å²) < 4.78 is 24.8. The Morgan fingerprint density at radius 2 is 1.88 bits per heavy atom. The second kappa shape index (κ2) is 9.40. The Balaban J connectivity index is 1.79. The number of carbonyl (C=O) groups excluding carboxylic acids is 1. The van der Waals surface area contributed by atoms with Crippen LogP contribution >= 0.6 is 11.6 Å². The average Bonchev–Trinajstić information content (AvgIpc) is 2.81. The summed E-state index contributed by atoms with van der Waals surface area (Å²) in [5.74, 6) is -0.205. The number of anilines is 1. The largest absolute Gasteiger partial charge is 0.352 e. The van der Waals surface area contributed by atoms with Gasteiger partial charge in [0.05, 0.1) is 17.0 Å². The van der Waals surface area contributed by atoms with Crippen molar-refractivity contribution < 1.29 is 13.2 Å². The van der Waals surface area contributed by atoms with E-state index in [4.69, 9.17) is 11.6 Å². The fourth-order valence-corrected chi connectivity index (χ4v) is 3.77. The molecule has 1 aromatic carbocycles. The molecule has 1 heterocycles. The number of benzene rings is 1. The molecule has 1 fully saturated rings. The first-order valence-corrected chi connectivity index (χ1v) is 10.9. The van der Waals surface area contributed by atoms with Crippen molar-refractivity contribution in [1.29, 1.82) is 0 Å². The monoisotopic (exact) mass is 387 g/mol. The van der Waals surface area contributed by atoms with Crippen molar-refractivity contribution in [3.05, 3.63) is 28.8 Å². The first-order valence-electron chi connectivity index (χ1n) is 8.63. The van der Waals surface area contributed by atoms with Crippen molar-refractivity contribution in [2.24, 2.45) is 0 Å². The molecule has 0 radical (unpaired) electrons. The summed E-state index contributed by atoms with van der Waals surface area (Å²) in [6.45, 7) is 3.91. The minimum atomic E-state index is -3.40. The first kappa shape index (κ1) is 20.0. The van der Waals surface area contributed by atoms with Gasteiger partial charge < -0.3 is 10.2 Å². The van der Waals surface area contributed by atoms with E-state index in [-0.39, 0.29) is 16.6 Å². The third-order valence-corrected chi connectivity index (χ3v) is 5.07. The van der Waals surface area contributed by atoms with E-state index in [1.165, 1.54) is 37.8 Å². The van der Waals surface area contributed by atoms with E-state index in [1.54, 1.807) is 6.07 Å². The predicted octanol–water partition coefficient (Wildman–Crippen LogP) is 2.71. The number of nitrogens with one attached hydrogen (secondary N) is 2. The fourth-order valence-electron chi connectivity index (χ4n) is 2.91. The SMILES string of the molecule is CS(=O)(=O)Nc1ccc(C(=O)NCCCN2CCCCCC2)cc1Cl. The Kier molecular flexibility index (Phi) is 7.53. The highest BCUT2D eigenvalue weighted by Gasteiger charge is 2.12. The van der Waals surface area contributed by atoms with Gasteiger partial charge in [-0.3, -0.25) is 9.52 Å². The lowest BCUT2D eigenvalue weighted by Gasteiger charge is -2.19. The molecule has 1 aliphatic rings. The number of likely N-dealkylation sites (tertiary alicyclic amines) is 1. The van der Waals surface area contributed by atoms with Gasteiger partial charge in [0.25, 0.3) is 5.91 Å². The molecule has 140 valence electrons. The lowest BCUT2D eigenvalue weighted by molar-refractivity contribution is 0.0951. The molecule has 2 N–H and O–H groups in total. The highest BCUT2D eigenvalue weighted by Crippen LogP contribution is 2.23. The summed E-state index contributed by atoms with van der Waals surface area (Å²) in [7, 11) is -3.40. The van der Waals surface area contributed by atoms with Crippen molar-refractivity contribution in [3.8, 4) is 0 Å². The van der Waals surface area contributed by atoms with Crippen molar-refractivity contribution in [2.75, 3.05) is 37.2 Å². The van der Waals surface area contributed by atoms with Gasteiger partial charge >= 0.3 is 0 Å². The highest BCUT2D eigenvalue weighted by atomic mass is 35.5. The zero-order valence-electron chi connectivity index (χ0n) is 14.6. The third-order valence-electron chi connectivity index (χ3n) is 4.16. The summed E-state index contributed by atoms with van der Waals surface area (Å²) in [5, 5.41) is 3.08. The molecule has 0 aliphatic carbocycles. The quantitative estimate of drug-likeness (QED) is 0.705. The van der Waals surface area contributed by atoms with Gasteiger partial charge in [-0.05, 0) is 57.1 Å². The van der Waals surface area contributed by atoms with Gasteiger partial charge in [0, 0.05) is 12.1 Å². The highest BCUT2D eigenvalue weighted by molar-refractivity contribution is 7.92. The van der Waals surface area contributed by atoms with Crippen LogP contribution in [0.1, 0.15) is 42.5 Å². The van der Waals surface area contributed by atoms with E-state index in [0.717, 1.165) is 32.3 Å². The summed E-state index contributed by atoms with van der Waals surface area (Å²) >= 11 is 6.04. The maximum absolute atomic E-state index is 12.2. The van der Waals surface area contributed by atoms with Crippen LogP contribution in [0.25, 0.3) is 0 Å². The van der Waals surface area contributed by atoms with E-state index in [1.807, 2.05) is 0 Å². The van der Waals surface area contributed by atoms with Crippen LogP contribution < -0.4 is 10.0 Å². The minimum Gasteiger partial charge on any atom is -0.352 e. The molecule has 1 amide bonds. The van der Waals surface area contributed by atoms with Crippen LogP contribution in [-0.2, 0) is 10.0 Å². The van der Waals surface area contributed by atoms with Crippen LogP contribution in [0, 0.1) is 0 Å². The number of sulfonamides is 1. The minimum absolute atomic E-state index is 0.197. The van der Waals surface area contributed by atoms with Crippen molar-refractivity contribution >= 4 is 33.2 Å². The van der Waals surface area contributed by atoms with Crippen LogP contribution in [0.5, 0.6) is 0 Å². The van der Waals surface area contributed by atoms with Gasteiger partial charge in [-0.15, -0.1) is 0 Å². The molecule has 0 aromatic heterocycles.